The Morgan fingerprint density at radius 3 is 2.79 bits per heavy atom. The lowest BCUT2D eigenvalue weighted by Crippen LogP contribution is -2.54. The van der Waals surface area contributed by atoms with Crippen LogP contribution in [0, 0.1) is 5.82 Å². The van der Waals surface area contributed by atoms with Crippen molar-refractivity contribution in [1.82, 2.24) is 24.4 Å². The Morgan fingerprint density at radius 1 is 1.31 bits per heavy atom. The minimum absolute atomic E-state index is 0.00761. The molecule has 0 saturated carbocycles. The molecule has 0 bridgehead atoms. The molecule has 1 aliphatic rings. The van der Waals surface area contributed by atoms with Crippen LogP contribution in [0.2, 0.25) is 5.02 Å². The first kappa shape index (κ1) is 26.8. The summed E-state index contributed by atoms with van der Waals surface area (Å²) in [6.45, 7) is 8.76. The van der Waals surface area contributed by atoms with Crippen LogP contribution in [0.25, 0.3) is 28.1 Å². The van der Waals surface area contributed by atoms with Crippen molar-refractivity contribution >= 4 is 45.7 Å². The minimum Gasteiger partial charge on any atom is -0.507 e. The van der Waals surface area contributed by atoms with Crippen LogP contribution in [0.4, 0.5) is 10.2 Å². The highest BCUT2D eigenvalue weighted by Crippen LogP contribution is 2.38. The molecule has 1 saturated heterocycles. The predicted molar refractivity (Wildman–Crippen MR) is 150 cm³/mol. The van der Waals surface area contributed by atoms with Crippen LogP contribution in [-0.2, 0) is 11.2 Å². The number of rotatable bonds is 6. The molecule has 0 unspecified atom stereocenters. The van der Waals surface area contributed by atoms with Crippen LogP contribution in [0.1, 0.15) is 25.1 Å². The van der Waals surface area contributed by atoms with E-state index in [1.54, 1.807) is 16.5 Å². The Labute approximate surface area is 232 Å². The summed E-state index contributed by atoms with van der Waals surface area (Å²) in [5.74, 6) is -0.437. The molecule has 12 heteroatoms. The lowest BCUT2D eigenvalue weighted by atomic mass is 10.1. The molecule has 1 amide bonds. The van der Waals surface area contributed by atoms with Crippen molar-refractivity contribution in [3.05, 3.63) is 68.6 Å². The van der Waals surface area contributed by atoms with Gasteiger partial charge >= 0.3 is 5.69 Å². The average Bonchev–Trinajstić information content (AvgIpc) is 3.36. The van der Waals surface area contributed by atoms with Gasteiger partial charge in [0, 0.05) is 30.6 Å². The quantitative estimate of drug-likeness (QED) is 0.340. The van der Waals surface area contributed by atoms with Crippen molar-refractivity contribution in [3.63, 3.8) is 0 Å². The normalized spacial score (nSPS) is 15.6. The molecular weight excluding hydrogens is 543 g/mol. The van der Waals surface area contributed by atoms with Gasteiger partial charge in [-0.1, -0.05) is 37.6 Å². The first-order chi connectivity index (χ1) is 18.7. The number of halogens is 2. The molecule has 0 spiro atoms. The molecule has 3 aromatic heterocycles. The smallest absolute Gasteiger partial charge is 0.357 e. The first-order valence-corrected chi connectivity index (χ1v) is 13.7. The molecule has 4 aromatic rings. The first-order valence-electron chi connectivity index (χ1n) is 12.5. The third kappa shape index (κ3) is 4.76. The second-order valence-electron chi connectivity index (χ2n) is 9.26. The predicted octanol–water partition coefficient (Wildman–Crippen LogP) is 4.58. The monoisotopic (exact) mass is 568 g/mol. The summed E-state index contributed by atoms with van der Waals surface area (Å²) in [6.07, 6.45) is 2.81. The third-order valence-corrected chi connectivity index (χ3v) is 7.89. The van der Waals surface area contributed by atoms with Gasteiger partial charge in [-0.2, -0.15) is 4.98 Å². The van der Waals surface area contributed by atoms with Crippen molar-refractivity contribution < 1.29 is 14.3 Å². The fourth-order valence-corrected chi connectivity index (χ4v) is 5.98. The van der Waals surface area contributed by atoms with Gasteiger partial charge in [0.2, 0.25) is 5.91 Å². The molecule has 1 fully saturated rings. The van der Waals surface area contributed by atoms with Gasteiger partial charge in [0.25, 0.3) is 0 Å². The van der Waals surface area contributed by atoms with E-state index in [1.165, 1.54) is 40.2 Å². The number of nitrogens with zero attached hydrogens (tertiary/aromatic N) is 6. The topological polar surface area (TPSA) is 104 Å². The van der Waals surface area contributed by atoms with Crippen molar-refractivity contribution in [1.29, 1.82) is 0 Å². The Hall–Kier alpha value is -3.83. The summed E-state index contributed by atoms with van der Waals surface area (Å²) < 4.78 is 16.2. The number of thiazole rings is 1. The number of anilines is 1. The van der Waals surface area contributed by atoms with Gasteiger partial charge in [-0.15, -0.1) is 11.3 Å². The zero-order valence-electron chi connectivity index (χ0n) is 21.4. The zero-order valence-corrected chi connectivity index (χ0v) is 23.0. The molecule has 4 heterocycles. The highest BCUT2D eigenvalue weighted by Gasteiger charge is 2.30. The summed E-state index contributed by atoms with van der Waals surface area (Å²) in [4.78, 5) is 43.9. The van der Waals surface area contributed by atoms with E-state index >= 15 is 0 Å². The van der Waals surface area contributed by atoms with Gasteiger partial charge < -0.3 is 14.9 Å². The number of carbonyl (C=O) groups is 1. The lowest BCUT2D eigenvalue weighted by molar-refractivity contribution is -0.126. The number of phenolic OH excluding ortho intramolecular Hbond substituents is 1. The Kier molecular flexibility index (Phi) is 7.37. The maximum absolute atomic E-state index is 14.9. The van der Waals surface area contributed by atoms with E-state index in [0.717, 1.165) is 11.3 Å². The van der Waals surface area contributed by atoms with Crippen LogP contribution in [-0.4, -0.2) is 61.1 Å². The van der Waals surface area contributed by atoms with Gasteiger partial charge in [-0.05, 0) is 37.6 Å². The molecule has 1 atom stereocenters. The van der Waals surface area contributed by atoms with Gasteiger partial charge in [-0.25, -0.2) is 23.7 Å². The number of fused-ring (bicyclic) bond motifs is 1. The van der Waals surface area contributed by atoms with E-state index in [-0.39, 0.29) is 39.6 Å². The zero-order chi connectivity index (χ0) is 27.8. The number of benzene rings is 1. The molecule has 9 nitrogen and oxygen atoms in total. The highest BCUT2D eigenvalue weighted by atomic mass is 35.5. The van der Waals surface area contributed by atoms with Gasteiger partial charge in [-0.3, -0.25) is 4.79 Å². The Bertz CT molecular complexity index is 1630. The Morgan fingerprint density at radius 2 is 2.10 bits per heavy atom. The number of pyridine rings is 1. The second kappa shape index (κ2) is 10.7. The fourth-order valence-electron chi connectivity index (χ4n) is 4.88. The van der Waals surface area contributed by atoms with Gasteiger partial charge in [0.1, 0.15) is 17.4 Å². The SMILES string of the molecule is C=CC(=O)N1CCN(c2nc(=O)n(-c3ncsc3CCC)c3nc(-c4c(O)cccc4F)c(Cl)cc23)[C@@H](C)C1. The van der Waals surface area contributed by atoms with Crippen LogP contribution < -0.4 is 10.6 Å². The lowest BCUT2D eigenvalue weighted by Gasteiger charge is -2.40. The molecule has 1 aliphatic heterocycles. The van der Waals surface area contributed by atoms with E-state index in [4.69, 9.17) is 11.6 Å². The van der Waals surface area contributed by atoms with E-state index in [0.29, 0.717) is 43.1 Å². The number of hydrogen-bond donors (Lipinski definition) is 1. The van der Waals surface area contributed by atoms with E-state index in [1.807, 2.05) is 18.7 Å². The van der Waals surface area contributed by atoms with Crippen LogP contribution in [0.3, 0.4) is 0 Å². The molecule has 39 heavy (non-hydrogen) atoms. The summed E-state index contributed by atoms with van der Waals surface area (Å²) >= 11 is 8.08. The summed E-state index contributed by atoms with van der Waals surface area (Å²) in [5, 5.41) is 11.0. The van der Waals surface area contributed by atoms with Crippen LogP contribution in [0.15, 0.2) is 47.2 Å². The van der Waals surface area contributed by atoms with Crippen LogP contribution in [0.5, 0.6) is 5.75 Å². The molecular formula is C27H26ClFN6O3S. The van der Waals surface area contributed by atoms with E-state index in [9.17, 15) is 19.1 Å². The number of aromatic nitrogens is 4. The standard InChI is InChI=1S/C27H26ClFN6O3S/c1-4-7-20-26(30-14-39-20)35-25-16(12-17(28)23(31-25)22-18(29)8-6-9-19(22)36)24(32-27(35)38)34-11-10-33(13-15(34)3)21(37)5-2/h5-6,8-9,12,14-15,36H,2,4,7,10-11,13H2,1,3H3/t15-/m0/s1. The summed E-state index contributed by atoms with van der Waals surface area (Å²) in [7, 11) is 0. The van der Waals surface area contributed by atoms with E-state index < -0.39 is 11.5 Å². The number of hydrogen-bond acceptors (Lipinski definition) is 8. The number of amides is 1. The van der Waals surface area contributed by atoms with Crippen molar-refractivity contribution in [2.75, 3.05) is 24.5 Å². The van der Waals surface area contributed by atoms with Crippen molar-refractivity contribution in [2.24, 2.45) is 0 Å². The molecule has 202 valence electrons. The number of piperazine rings is 1. The van der Waals surface area contributed by atoms with Crippen molar-refractivity contribution in [2.45, 2.75) is 32.7 Å². The van der Waals surface area contributed by atoms with Gasteiger partial charge in [0.05, 0.1) is 27.2 Å². The van der Waals surface area contributed by atoms with E-state index in [2.05, 4.69) is 21.5 Å². The molecule has 0 aliphatic carbocycles. The minimum atomic E-state index is -0.705. The Balaban J connectivity index is 1.77. The average molecular weight is 569 g/mol. The number of aryl methyl sites for hydroxylation is 1. The number of phenols is 1. The molecule has 5 rings (SSSR count). The largest absolute Gasteiger partial charge is 0.507 e. The fraction of sp³-hybridized carbons (Fsp3) is 0.296. The summed E-state index contributed by atoms with van der Waals surface area (Å²) in [5.41, 5.74) is 1.07. The molecule has 0 radical (unpaired) electrons. The maximum Gasteiger partial charge on any atom is 0.357 e. The molecule has 1 aromatic carbocycles. The maximum atomic E-state index is 14.9. The highest BCUT2D eigenvalue weighted by molar-refractivity contribution is 7.10. The van der Waals surface area contributed by atoms with Crippen molar-refractivity contribution in [3.8, 4) is 22.8 Å². The second-order valence-corrected chi connectivity index (χ2v) is 10.6. The van der Waals surface area contributed by atoms with Crippen LogP contribution >= 0.6 is 22.9 Å². The summed E-state index contributed by atoms with van der Waals surface area (Å²) in [6, 6.07) is 5.33. The molecule has 1 N–H and O–H groups in total. The van der Waals surface area contributed by atoms with Gasteiger partial charge in [0.15, 0.2) is 11.5 Å². The number of carbonyl (C=O) groups excluding carboxylic acids is 1. The number of aromatic hydroxyl groups is 1. The third-order valence-electron chi connectivity index (χ3n) is 6.72.